The largest absolute Gasteiger partial charge is 0.500 e. The number of hydrogen-bond acceptors (Lipinski definition) is 5. The average Bonchev–Trinajstić information content (AvgIpc) is 2.57. The summed E-state index contributed by atoms with van der Waals surface area (Å²) in [5.41, 5.74) is 0. The van der Waals surface area contributed by atoms with Gasteiger partial charge in [0.1, 0.15) is 0 Å². The molecule has 0 atom stereocenters. The zero-order valence-electron chi connectivity index (χ0n) is 16.7. The molecule has 6 heteroatoms. The maximum atomic E-state index is 11.1. The zero-order chi connectivity index (χ0) is 18.8. The highest BCUT2D eigenvalue weighted by atomic mass is 28.4. The number of rotatable bonds is 17. The van der Waals surface area contributed by atoms with Gasteiger partial charge in [0.05, 0.1) is 6.61 Å². The Labute approximate surface area is 155 Å². The van der Waals surface area contributed by atoms with Gasteiger partial charge in [0.2, 0.25) is 0 Å². The van der Waals surface area contributed by atoms with Crippen LogP contribution in [-0.2, 0) is 22.8 Å². The van der Waals surface area contributed by atoms with Crippen LogP contribution in [-0.4, -0.2) is 41.2 Å². The molecule has 0 saturated heterocycles. The van der Waals surface area contributed by atoms with Crippen LogP contribution in [0.2, 0.25) is 6.04 Å². The van der Waals surface area contributed by atoms with Gasteiger partial charge in [-0.1, -0.05) is 38.2 Å². The lowest BCUT2D eigenvalue weighted by atomic mass is 10.1. The van der Waals surface area contributed by atoms with E-state index in [1.165, 1.54) is 31.8 Å². The Balaban J connectivity index is 3.70. The predicted molar refractivity (Wildman–Crippen MR) is 104 cm³/mol. The highest BCUT2D eigenvalue weighted by Crippen LogP contribution is 2.20. The van der Waals surface area contributed by atoms with Crippen LogP contribution in [0.4, 0.5) is 0 Å². The molecule has 0 unspecified atom stereocenters. The summed E-state index contributed by atoms with van der Waals surface area (Å²) in [6.07, 6.45) is 11.1. The highest BCUT2D eigenvalue weighted by Gasteiger charge is 2.39. The predicted octanol–water partition coefficient (Wildman–Crippen LogP) is 4.88. The van der Waals surface area contributed by atoms with Gasteiger partial charge in [-0.2, -0.15) is 0 Å². The summed E-state index contributed by atoms with van der Waals surface area (Å²) in [4.78, 5) is 11.1. The fourth-order valence-corrected chi connectivity index (χ4v) is 5.37. The molecule has 0 aromatic carbocycles. The minimum Gasteiger partial charge on any atom is -0.463 e. The molecule has 0 radical (unpaired) electrons. The zero-order valence-corrected chi connectivity index (χ0v) is 17.7. The number of hydrogen-bond donors (Lipinski definition) is 0. The molecular weight excluding hydrogens is 336 g/mol. The number of carbonyl (C=O) groups is 1. The van der Waals surface area contributed by atoms with Crippen LogP contribution >= 0.6 is 0 Å². The van der Waals surface area contributed by atoms with Gasteiger partial charge in [0.15, 0.2) is 0 Å². The summed E-state index contributed by atoms with van der Waals surface area (Å²) in [5, 5.41) is 0. The molecule has 0 aromatic rings. The van der Waals surface area contributed by atoms with Crippen molar-refractivity contribution in [2.75, 3.05) is 26.4 Å². The number of carbonyl (C=O) groups excluding carboxylic acids is 1. The van der Waals surface area contributed by atoms with Crippen molar-refractivity contribution in [3.05, 3.63) is 12.2 Å². The monoisotopic (exact) mass is 374 g/mol. The molecular formula is C19H38O5Si. The number of allylic oxidation sites excluding steroid dienone is 1. The molecule has 0 aromatic heterocycles. The Morgan fingerprint density at radius 2 is 1.28 bits per heavy atom. The lowest BCUT2D eigenvalue weighted by molar-refractivity contribution is -0.137. The third-order valence-electron chi connectivity index (χ3n) is 3.77. The molecule has 0 amide bonds. The molecule has 0 aliphatic heterocycles. The molecule has 0 spiro atoms. The molecule has 0 N–H and O–H groups in total. The van der Waals surface area contributed by atoms with Gasteiger partial charge in [-0.3, -0.25) is 0 Å². The summed E-state index contributed by atoms with van der Waals surface area (Å²) in [5.74, 6) is -0.243. The molecule has 0 rings (SSSR count). The number of ether oxygens (including phenoxy) is 1. The molecule has 25 heavy (non-hydrogen) atoms. The lowest BCUT2D eigenvalue weighted by Crippen LogP contribution is -2.45. The topological polar surface area (TPSA) is 54.0 Å². The van der Waals surface area contributed by atoms with E-state index in [-0.39, 0.29) is 5.97 Å². The van der Waals surface area contributed by atoms with E-state index in [0.29, 0.717) is 26.4 Å². The third kappa shape index (κ3) is 13.2. The van der Waals surface area contributed by atoms with Gasteiger partial charge in [0, 0.05) is 31.9 Å². The second-order valence-electron chi connectivity index (χ2n) is 5.87. The second-order valence-corrected chi connectivity index (χ2v) is 8.61. The second kappa shape index (κ2) is 16.8. The van der Waals surface area contributed by atoms with Crippen molar-refractivity contribution in [2.45, 2.75) is 78.7 Å². The SMILES string of the molecule is CC=CC(=O)OCCCCCCCCC[Si](OCC)(OCC)OCC. The fraction of sp³-hybridized carbons (Fsp3) is 0.842. The summed E-state index contributed by atoms with van der Waals surface area (Å²) in [7, 11) is -2.45. The van der Waals surface area contributed by atoms with E-state index in [4.69, 9.17) is 18.0 Å². The summed E-state index contributed by atoms with van der Waals surface area (Å²) in [6, 6.07) is 0.906. The fourth-order valence-electron chi connectivity index (χ4n) is 2.69. The minimum atomic E-state index is -2.45. The highest BCUT2D eigenvalue weighted by molar-refractivity contribution is 6.60. The molecule has 0 heterocycles. The lowest BCUT2D eigenvalue weighted by Gasteiger charge is -2.28. The normalized spacial score (nSPS) is 12.0. The van der Waals surface area contributed by atoms with Crippen molar-refractivity contribution in [3.63, 3.8) is 0 Å². The first-order chi connectivity index (χ1) is 12.1. The van der Waals surface area contributed by atoms with E-state index in [1.807, 2.05) is 27.7 Å². The molecule has 148 valence electrons. The van der Waals surface area contributed by atoms with E-state index in [2.05, 4.69) is 0 Å². The van der Waals surface area contributed by atoms with Crippen LogP contribution in [0, 0.1) is 0 Å². The van der Waals surface area contributed by atoms with Gasteiger partial charge < -0.3 is 18.0 Å². The average molecular weight is 375 g/mol. The number of unbranched alkanes of at least 4 members (excludes halogenated alkanes) is 6. The Morgan fingerprint density at radius 1 is 0.800 bits per heavy atom. The van der Waals surface area contributed by atoms with Gasteiger partial charge in [-0.25, -0.2) is 4.79 Å². The summed E-state index contributed by atoms with van der Waals surface area (Å²) in [6.45, 7) is 10.3. The maximum Gasteiger partial charge on any atom is 0.500 e. The molecule has 0 fully saturated rings. The van der Waals surface area contributed by atoms with Gasteiger partial charge in [-0.05, 0) is 40.5 Å². The molecule has 0 aliphatic carbocycles. The van der Waals surface area contributed by atoms with Crippen LogP contribution in [0.3, 0.4) is 0 Å². The van der Waals surface area contributed by atoms with Crippen molar-refractivity contribution in [1.29, 1.82) is 0 Å². The van der Waals surface area contributed by atoms with Crippen LogP contribution in [0.1, 0.15) is 72.6 Å². The van der Waals surface area contributed by atoms with Crippen molar-refractivity contribution in [2.24, 2.45) is 0 Å². The Kier molecular flexibility index (Phi) is 16.3. The van der Waals surface area contributed by atoms with Crippen molar-refractivity contribution < 1.29 is 22.8 Å². The van der Waals surface area contributed by atoms with E-state index in [1.54, 1.807) is 6.08 Å². The quantitative estimate of drug-likeness (QED) is 0.157. The van der Waals surface area contributed by atoms with E-state index >= 15 is 0 Å². The Bertz CT molecular complexity index is 330. The first-order valence-electron chi connectivity index (χ1n) is 9.85. The molecule has 5 nitrogen and oxygen atoms in total. The first kappa shape index (κ1) is 24.3. The molecule has 0 bridgehead atoms. The third-order valence-corrected chi connectivity index (χ3v) is 6.92. The molecule has 0 aliphatic rings. The van der Waals surface area contributed by atoms with E-state index in [9.17, 15) is 4.79 Å². The number of esters is 1. The minimum absolute atomic E-state index is 0.243. The van der Waals surface area contributed by atoms with Gasteiger partial charge >= 0.3 is 14.8 Å². The smallest absolute Gasteiger partial charge is 0.463 e. The first-order valence-corrected chi connectivity index (χ1v) is 11.8. The van der Waals surface area contributed by atoms with Crippen LogP contribution in [0.25, 0.3) is 0 Å². The summed E-state index contributed by atoms with van der Waals surface area (Å²) < 4.78 is 22.7. The summed E-state index contributed by atoms with van der Waals surface area (Å²) >= 11 is 0. The van der Waals surface area contributed by atoms with Crippen molar-refractivity contribution in [1.82, 2.24) is 0 Å². The van der Waals surface area contributed by atoms with Crippen LogP contribution in [0.15, 0.2) is 12.2 Å². The molecule has 0 saturated carbocycles. The van der Waals surface area contributed by atoms with Crippen LogP contribution in [0.5, 0.6) is 0 Å². The maximum absolute atomic E-state index is 11.1. The Morgan fingerprint density at radius 3 is 1.76 bits per heavy atom. The van der Waals surface area contributed by atoms with E-state index < -0.39 is 8.80 Å². The van der Waals surface area contributed by atoms with Gasteiger partial charge in [-0.15, -0.1) is 0 Å². The standard InChI is InChI=1S/C19H38O5Si/c1-5-16-19(20)21-17-14-12-10-9-11-13-15-18-25(22-6-2,23-7-3)24-8-4/h5,16H,6-15,17-18H2,1-4H3. The van der Waals surface area contributed by atoms with E-state index in [0.717, 1.165) is 25.3 Å². The van der Waals surface area contributed by atoms with Crippen molar-refractivity contribution >= 4 is 14.8 Å². The Hall–Kier alpha value is -0.693. The van der Waals surface area contributed by atoms with Crippen molar-refractivity contribution in [3.8, 4) is 0 Å². The van der Waals surface area contributed by atoms with Gasteiger partial charge in [0.25, 0.3) is 0 Å². The van der Waals surface area contributed by atoms with Crippen LogP contribution < -0.4 is 0 Å².